The second kappa shape index (κ2) is 10.9. The molecule has 0 aromatic heterocycles. The number of alkyl carbamates (subject to hydrolysis) is 1. The van der Waals surface area contributed by atoms with Crippen LogP contribution < -0.4 is 10.6 Å². The van der Waals surface area contributed by atoms with Crippen molar-refractivity contribution in [3.63, 3.8) is 0 Å². The molecule has 0 bridgehead atoms. The number of hydrogen-bond donors (Lipinski definition) is 3. The lowest BCUT2D eigenvalue weighted by Gasteiger charge is -2.24. The Labute approximate surface area is 205 Å². The number of fused-ring (bicyclic) bond motifs is 3. The van der Waals surface area contributed by atoms with Crippen molar-refractivity contribution in [3.05, 3.63) is 59.7 Å². The van der Waals surface area contributed by atoms with Crippen molar-refractivity contribution in [2.45, 2.75) is 57.3 Å². The Morgan fingerprint density at radius 2 is 1.69 bits per heavy atom. The summed E-state index contributed by atoms with van der Waals surface area (Å²) in [6.45, 7) is 4.20. The molecule has 0 spiro atoms. The maximum Gasteiger partial charge on any atom is 0.407 e. The molecule has 4 atom stereocenters. The number of carbonyl (C=O) groups excluding carboxylic acids is 2. The maximum absolute atomic E-state index is 12.9. The molecule has 3 N–H and O–H groups in total. The summed E-state index contributed by atoms with van der Waals surface area (Å²) in [7, 11) is 0. The van der Waals surface area contributed by atoms with Gasteiger partial charge in [0.2, 0.25) is 5.91 Å². The molecule has 186 valence electrons. The first-order valence-electron chi connectivity index (χ1n) is 12.2. The quantitative estimate of drug-likeness (QED) is 0.504. The van der Waals surface area contributed by atoms with E-state index in [0.29, 0.717) is 19.3 Å². The molecule has 4 rings (SSSR count). The lowest BCUT2D eigenvalue weighted by molar-refractivity contribution is -0.149. The van der Waals surface area contributed by atoms with Crippen LogP contribution in [0.2, 0.25) is 0 Å². The molecule has 1 aliphatic carbocycles. The number of benzene rings is 2. The van der Waals surface area contributed by atoms with E-state index in [4.69, 9.17) is 14.6 Å². The summed E-state index contributed by atoms with van der Waals surface area (Å²) in [5.74, 6) is -1.51. The zero-order valence-electron chi connectivity index (χ0n) is 20.0. The minimum absolute atomic E-state index is 0.0641. The number of nitrogens with one attached hydrogen (secondary N) is 2. The van der Waals surface area contributed by atoms with Crippen molar-refractivity contribution in [1.82, 2.24) is 10.6 Å². The van der Waals surface area contributed by atoms with E-state index in [1.807, 2.05) is 38.1 Å². The van der Waals surface area contributed by atoms with Gasteiger partial charge in [0.05, 0.1) is 6.10 Å². The maximum atomic E-state index is 12.9. The van der Waals surface area contributed by atoms with E-state index in [2.05, 4.69) is 34.9 Å². The monoisotopic (exact) mass is 480 g/mol. The second-order valence-electron chi connectivity index (χ2n) is 9.24. The van der Waals surface area contributed by atoms with Crippen LogP contribution in [0.5, 0.6) is 0 Å². The Morgan fingerprint density at radius 3 is 2.26 bits per heavy atom. The minimum Gasteiger partial charge on any atom is -0.479 e. The Hall–Kier alpha value is -3.39. The van der Waals surface area contributed by atoms with Crippen molar-refractivity contribution in [2.75, 3.05) is 13.2 Å². The van der Waals surface area contributed by atoms with Crippen molar-refractivity contribution in [1.29, 1.82) is 0 Å². The van der Waals surface area contributed by atoms with Gasteiger partial charge in [-0.1, -0.05) is 68.8 Å². The fourth-order valence-electron chi connectivity index (χ4n) is 4.83. The molecule has 8 nitrogen and oxygen atoms in total. The number of aliphatic carboxylic acids is 1. The first-order chi connectivity index (χ1) is 16.9. The lowest BCUT2D eigenvalue weighted by Crippen LogP contribution is -2.51. The van der Waals surface area contributed by atoms with Gasteiger partial charge >= 0.3 is 12.1 Å². The van der Waals surface area contributed by atoms with Crippen LogP contribution in [0.1, 0.15) is 50.2 Å². The molecule has 0 saturated carbocycles. The van der Waals surface area contributed by atoms with Gasteiger partial charge in [0.15, 0.2) is 6.10 Å². The topological polar surface area (TPSA) is 114 Å². The number of amides is 2. The molecule has 1 heterocycles. The van der Waals surface area contributed by atoms with Crippen LogP contribution >= 0.6 is 0 Å². The van der Waals surface area contributed by atoms with Crippen molar-refractivity contribution >= 4 is 18.0 Å². The molecule has 8 heteroatoms. The summed E-state index contributed by atoms with van der Waals surface area (Å²) >= 11 is 0. The van der Waals surface area contributed by atoms with E-state index in [-0.39, 0.29) is 37.0 Å². The number of hydrogen-bond acceptors (Lipinski definition) is 5. The van der Waals surface area contributed by atoms with Gasteiger partial charge in [0, 0.05) is 12.5 Å². The first-order valence-corrected chi connectivity index (χ1v) is 12.2. The molecule has 35 heavy (non-hydrogen) atoms. The normalized spacial score (nSPS) is 20.4. The Balaban J connectivity index is 1.34. The van der Waals surface area contributed by atoms with E-state index >= 15 is 0 Å². The van der Waals surface area contributed by atoms with Gasteiger partial charge in [-0.15, -0.1) is 0 Å². The Bertz CT molecular complexity index is 1040. The van der Waals surface area contributed by atoms with E-state index in [9.17, 15) is 14.4 Å². The molecular weight excluding hydrogens is 448 g/mol. The number of carboxylic acids is 1. The highest BCUT2D eigenvalue weighted by molar-refractivity contribution is 5.86. The summed E-state index contributed by atoms with van der Waals surface area (Å²) in [5.41, 5.74) is 4.53. The fraction of sp³-hybridized carbons (Fsp3) is 0.444. The average Bonchev–Trinajstić information content (AvgIpc) is 3.47. The average molecular weight is 481 g/mol. The summed E-state index contributed by atoms with van der Waals surface area (Å²) in [5, 5.41) is 14.6. The van der Waals surface area contributed by atoms with Gasteiger partial charge < -0.3 is 25.2 Å². The van der Waals surface area contributed by atoms with Crippen molar-refractivity contribution in [2.24, 2.45) is 5.92 Å². The smallest absolute Gasteiger partial charge is 0.407 e. The number of ether oxygens (including phenoxy) is 2. The zero-order chi connectivity index (χ0) is 24.9. The third kappa shape index (κ3) is 5.48. The molecular formula is C27H32N2O6. The second-order valence-corrected chi connectivity index (χ2v) is 9.24. The molecule has 0 radical (unpaired) electrons. The summed E-state index contributed by atoms with van der Waals surface area (Å²) in [6, 6.07) is 15.4. The number of carbonyl (C=O) groups is 3. The van der Waals surface area contributed by atoms with Gasteiger partial charge in [0.25, 0.3) is 0 Å². The highest BCUT2D eigenvalue weighted by atomic mass is 16.5. The van der Waals surface area contributed by atoms with Crippen LogP contribution in [0.3, 0.4) is 0 Å². The van der Waals surface area contributed by atoms with Gasteiger partial charge in [-0.05, 0) is 41.0 Å². The number of carboxylic acid groups (broad SMARTS) is 1. The predicted octanol–water partition coefficient (Wildman–Crippen LogP) is 3.69. The zero-order valence-corrected chi connectivity index (χ0v) is 20.0. The van der Waals surface area contributed by atoms with Crippen molar-refractivity contribution in [3.8, 4) is 11.1 Å². The molecule has 1 fully saturated rings. The largest absolute Gasteiger partial charge is 0.479 e. The van der Waals surface area contributed by atoms with Crippen LogP contribution in [-0.4, -0.2) is 54.5 Å². The van der Waals surface area contributed by atoms with Crippen molar-refractivity contribution < 1.29 is 29.0 Å². The van der Waals surface area contributed by atoms with E-state index in [0.717, 1.165) is 22.3 Å². The van der Waals surface area contributed by atoms with E-state index in [1.54, 1.807) is 0 Å². The van der Waals surface area contributed by atoms with Crippen LogP contribution in [0.15, 0.2) is 48.5 Å². The molecule has 2 aromatic rings. The molecule has 1 aliphatic heterocycles. The summed E-state index contributed by atoms with van der Waals surface area (Å²) in [6.07, 6.45) is -0.167. The van der Waals surface area contributed by atoms with E-state index in [1.165, 1.54) is 0 Å². The van der Waals surface area contributed by atoms with Crippen LogP contribution in [0, 0.1) is 5.92 Å². The highest BCUT2D eigenvalue weighted by Gasteiger charge is 2.33. The van der Waals surface area contributed by atoms with E-state index < -0.39 is 24.2 Å². The highest BCUT2D eigenvalue weighted by Crippen LogP contribution is 2.44. The van der Waals surface area contributed by atoms with Gasteiger partial charge in [-0.25, -0.2) is 9.59 Å². The Kier molecular flexibility index (Phi) is 7.70. The van der Waals surface area contributed by atoms with Gasteiger partial charge in [0.1, 0.15) is 12.6 Å². The molecule has 1 saturated heterocycles. The molecule has 2 aromatic carbocycles. The third-order valence-corrected chi connectivity index (χ3v) is 7.00. The Morgan fingerprint density at radius 1 is 1.06 bits per heavy atom. The van der Waals surface area contributed by atoms with Gasteiger partial charge in [-0.2, -0.15) is 0 Å². The summed E-state index contributed by atoms with van der Waals surface area (Å²) < 4.78 is 11.1. The van der Waals surface area contributed by atoms with Crippen LogP contribution in [-0.2, 0) is 19.1 Å². The fourth-order valence-corrected chi connectivity index (χ4v) is 4.83. The third-order valence-electron chi connectivity index (χ3n) is 7.00. The molecule has 2 aliphatic rings. The predicted molar refractivity (Wildman–Crippen MR) is 130 cm³/mol. The van der Waals surface area contributed by atoms with Crippen LogP contribution in [0.4, 0.5) is 4.79 Å². The van der Waals surface area contributed by atoms with Gasteiger partial charge in [-0.3, -0.25) is 4.79 Å². The SMILES string of the molecule is CCC(C)C(NC(=O)OCC1c2ccccc2-c2ccccc21)C(=O)NCC1CCC(C(=O)O)O1. The molecule has 2 amide bonds. The standard InChI is InChI=1S/C27H32N2O6/c1-3-16(2)24(25(30)28-14-17-12-13-23(35-17)26(31)32)29-27(33)34-15-22-20-10-6-4-8-18(20)19-9-5-7-11-21(19)22/h4-11,16-17,22-24H,3,12-15H2,1-2H3,(H,28,30)(H,29,33)(H,31,32). The molecule has 4 unspecified atom stereocenters. The number of rotatable bonds is 9. The summed E-state index contributed by atoms with van der Waals surface area (Å²) in [4.78, 5) is 36.7. The van der Waals surface area contributed by atoms with Crippen LogP contribution in [0.25, 0.3) is 11.1 Å². The lowest BCUT2D eigenvalue weighted by atomic mass is 9.98. The first kappa shape index (κ1) is 24.7. The minimum atomic E-state index is -0.992.